The Labute approximate surface area is 84.7 Å². The molecule has 13 heavy (non-hydrogen) atoms. The van der Waals surface area contributed by atoms with E-state index in [0.717, 1.165) is 11.6 Å². The number of rotatable bonds is 3. The van der Waals surface area contributed by atoms with Crippen molar-refractivity contribution < 1.29 is 0 Å². The van der Waals surface area contributed by atoms with Crippen molar-refractivity contribution in [3.63, 3.8) is 0 Å². The van der Waals surface area contributed by atoms with Crippen molar-refractivity contribution in [2.75, 3.05) is 11.5 Å². The monoisotopic (exact) mass is 195 g/mol. The van der Waals surface area contributed by atoms with Gasteiger partial charge in [0, 0.05) is 16.3 Å². The third-order valence-electron chi connectivity index (χ3n) is 1.82. The fourth-order valence-electron chi connectivity index (χ4n) is 1.00. The molecule has 0 spiro atoms. The van der Waals surface area contributed by atoms with Gasteiger partial charge in [0.2, 0.25) is 0 Å². The lowest BCUT2D eigenvalue weighted by atomic mass is 10.2. The number of nitrogens with two attached hydrogens (primary N) is 1. The van der Waals surface area contributed by atoms with E-state index in [1.165, 1.54) is 16.2 Å². The van der Waals surface area contributed by atoms with Crippen LogP contribution < -0.4 is 5.73 Å². The standard InChI is InChI=1S/C11H17NS/c1-8(2)7-13-10-4-5-11(12)9(3)6-10/h4-6,8H,7,12H2,1-3H3. The Balaban J connectivity index is 2.63. The van der Waals surface area contributed by atoms with E-state index in [9.17, 15) is 0 Å². The molecule has 0 aliphatic rings. The van der Waals surface area contributed by atoms with Crippen LogP contribution in [-0.4, -0.2) is 5.75 Å². The second-order valence-corrected chi connectivity index (χ2v) is 4.82. The second kappa shape index (κ2) is 4.56. The van der Waals surface area contributed by atoms with E-state index in [1.807, 2.05) is 17.8 Å². The molecule has 1 aromatic carbocycles. The number of hydrogen-bond donors (Lipinski definition) is 1. The molecule has 72 valence electrons. The fraction of sp³-hybridized carbons (Fsp3) is 0.455. The lowest BCUT2D eigenvalue weighted by Gasteiger charge is -2.06. The maximum Gasteiger partial charge on any atom is 0.0344 e. The van der Waals surface area contributed by atoms with E-state index in [1.54, 1.807) is 0 Å². The van der Waals surface area contributed by atoms with Gasteiger partial charge in [0.15, 0.2) is 0 Å². The van der Waals surface area contributed by atoms with Crippen LogP contribution in [0.25, 0.3) is 0 Å². The molecule has 0 amide bonds. The van der Waals surface area contributed by atoms with Gasteiger partial charge in [0.25, 0.3) is 0 Å². The maximum atomic E-state index is 5.74. The summed E-state index contributed by atoms with van der Waals surface area (Å²) in [6.07, 6.45) is 0. The van der Waals surface area contributed by atoms with Gasteiger partial charge < -0.3 is 5.73 Å². The number of anilines is 1. The predicted octanol–water partition coefficient (Wildman–Crippen LogP) is 3.33. The van der Waals surface area contributed by atoms with Crippen LogP contribution in [-0.2, 0) is 0 Å². The third-order valence-corrected chi connectivity index (χ3v) is 3.25. The molecule has 0 atom stereocenters. The third kappa shape index (κ3) is 3.31. The predicted molar refractivity (Wildman–Crippen MR) is 61.2 cm³/mol. The Morgan fingerprint density at radius 1 is 1.38 bits per heavy atom. The zero-order valence-electron chi connectivity index (χ0n) is 8.50. The van der Waals surface area contributed by atoms with E-state index in [2.05, 4.69) is 32.9 Å². The fourth-order valence-corrected chi connectivity index (χ4v) is 1.95. The van der Waals surface area contributed by atoms with E-state index in [0.29, 0.717) is 0 Å². The molecular formula is C11H17NS. The normalized spacial score (nSPS) is 10.8. The van der Waals surface area contributed by atoms with E-state index in [-0.39, 0.29) is 0 Å². The van der Waals surface area contributed by atoms with Crippen molar-refractivity contribution in [1.29, 1.82) is 0 Å². The lowest BCUT2D eigenvalue weighted by molar-refractivity contribution is 0.750. The van der Waals surface area contributed by atoms with Crippen LogP contribution in [0.2, 0.25) is 0 Å². The topological polar surface area (TPSA) is 26.0 Å². The zero-order chi connectivity index (χ0) is 9.84. The van der Waals surface area contributed by atoms with Gasteiger partial charge >= 0.3 is 0 Å². The lowest BCUT2D eigenvalue weighted by Crippen LogP contribution is -1.92. The van der Waals surface area contributed by atoms with Gasteiger partial charge in [-0.05, 0) is 36.6 Å². The van der Waals surface area contributed by atoms with Crippen LogP contribution in [0, 0.1) is 12.8 Å². The first-order chi connectivity index (χ1) is 6.09. The Morgan fingerprint density at radius 3 is 2.62 bits per heavy atom. The minimum absolute atomic E-state index is 0.739. The molecule has 1 nitrogen and oxygen atoms in total. The molecular weight excluding hydrogens is 178 g/mol. The van der Waals surface area contributed by atoms with Gasteiger partial charge in [0.05, 0.1) is 0 Å². The van der Waals surface area contributed by atoms with Crippen molar-refractivity contribution in [1.82, 2.24) is 0 Å². The first-order valence-electron chi connectivity index (χ1n) is 4.58. The zero-order valence-corrected chi connectivity index (χ0v) is 9.32. The van der Waals surface area contributed by atoms with E-state index >= 15 is 0 Å². The molecule has 2 N–H and O–H groups in total. The number of nitrogen functional groups attached to an aromatic ring is 1. The molecule has 0 aliphatic carbocycles. The molecule has 2 heteroatoms. The summed E-state index contributed by atoms with van der Waals surface area (Å²) in [5, 5.41) is 0. The Hall–Kier alpha value is -0.630. The summed E-state index contributed by atoms with van der Waals surface area (Å²) >= 11 is 1.90. The smallest absolute Gasteiger partial charge is 0.0344 e. The summed E-state index contributed by atoms with van der Waals surface area (Å²) in [4.78, 5) is 1.32. The molecule has 1 aromatic rings. The minimum atomic E-state index is 0.739. The Morgan fingerprint density at radius 2 is 2.08 bits per heavy atom. The summed E-state index contributed by atoms with van der Waals surface area (Å²) in [6, 6.07) is 6.23. The summed E-state index contributed by atoms with van der Waals surface area (Å²) in [7, 11) is 0. The molecule has 0 fully saturated rings. The first kappa shape index (κ1) is 10.5. The SMILES string of the molecule is Cc1cc(SCC(C)C)ccc1N. The van der Waals surface area contributed by atoms with Crippen molar-refractivity contribution in [2.45, 2.75) is 25.7 Å². The van der Waals surface area contributed by atoms with Crippen molar-refractivity contribution in [2.24, 2.45) is 5.92 Å². The van der Waals surface area contributed by atoms with Gasteiger partial charge in [-0.1, -0.05) is 13.8 Å². The summed E-state index contributed by atoms with van der Waals surface area (Å²) in [5.41, 5.74) is 7.79. The average molecular weight is 195 g/mol. The molecule has 0 aliphatic heterocycles. The summed E-state index contributed by atoms with van der Waals surface area (Å²) in [5.74, 6) is 1.91. The molecule has 0 heterocycles. The molecule has 1 rings (SSSR count). The van der Waals surface area contributed by atoms with Crippen LogP contribution in [0.1, 0.15) is 19.4 Å². The average Bonchev–Trinajstić information content (AvgIpc) is 2.07. The van der Waals surface area contributed by atoms with Crippen LogP contribution in [0.5, 0.6) is 0 Å². The molecule has 0 radical (unpaired) electrons. The van der Waals surface area contributed by atoms with Crippen molar-refractivity contribution in [3.8, 4) is 0 Å². The van der Waals surface area contributed by atoms with Gasteiger partial charge in [-0.3, -0.25) is 0 Å². The molecule has 0 unspecified atom stereocenters. The van der Waals surface area contributed by atoms with Crippen molar-refractivity contribution in [3.05, 3.63) is 23.8 Å². The van der Waals surface area contributed by atoms with Gasteiger partial charge in [0.1, 0.15) is 0 Å². The largest absolute Gasteiger partial charge is 0.399 e. The number of benzene rings is 1. The van der Waals surface area contributed by atoms with E-state index < -0.39 is 0 Å². The van der Waals surface area contributed by atoms with Crippen LogP contribution in [0.3, 0.4) is 0 Å². The molecule has 0 saturated carbocycles. The van der Waals surface area contributed by atoms with E-state index in [4.69, 9.17) is 5.73 Å². The minimum Gasteiger partial charge on any atom is -0.399 e. The summed E-state index contributed by atoms with van der Waals surface area (Å²) in [6.45, 7) is 6.52. The Kier molecular flexibility index (Phi) is 3.67. The molecule has 0 aromatic heterocycles. The second-order valence-electron chi connectivity index (χ2n) is 3.72. The molecule has 0 bridgehead atoms. The van der Waals surface area contributed by atoms with Crippen LogP contribution in [0.15, 0.2) is 23.1 Å². The van der Waals surface area contributed by atoms with Gasteiger partial charge in [-0.15, -0.1) is 11.8 Å². The quantitative estimate of drug-likeness (QED) is 0.591. The van der Waals surface area contributed by atoms with Crippen molar-refractivity contribution >= 4 is 17.4 Å². The Bertz CT molecular complexity index is 281. The van der Waals surface area contributed by atoms with Crippen LogP contribution >= 0.6 is 11.8 Å². The number of hydrogen-bond acceptors (Lipinski definition) is 2. The highest BCUT2D eigenvalue weighted by Crippen LogP contribution is 2.23. The highest BCUT2D eigenvalue weighted by Gasteiger charge is 1.99. The van der Waals surface area contributed by atoms with Gasteiger partial charge in [-0.25, -0.2) is 0 Å². The summed E-state index contributed by atoms with van der Waals surface area (Å²) < 4.78 is 0. The number of thioether (sulfide) groups is 1. The number of aryl methyl sites for hydroxylation is 1. The first-order valence-corrected chi connectivity index (χ1v) is 5.57. The molecule has 0 saturated heterocycles. The van der Waals surface area contributed by atoms with Crippen LogP contribution in [0.4, 0.5) is 5.69 Å². The maximum absolute atomic E-state index is 5.74. The highest BCUT2D eigenvalue weighted by molar-refractivity contribution is 7.99. The van der Waals surface area contributed by atoms with Gasteiger partial charge in [-0.2, -0.15) is 0 Å². The highest BCUT2D eigenvalue weighted by atomic mass is 32.2.